The number of pyridine rings is 1. The number of carbonyl (C=O) groups excluding carboxylic acids is 1. The van der Waals surface area contributed by atoms with E-state index in [2.05, 4.69) is 25.3 Å². The van der Waals surface area contributed by atoms with Crippen LogP contribution in [0.3, 0.4) is 0 Å². The molecule has 0 aliphatic heterocycles. The summed E-state index contributed by atoms with van der Waals surface area (Å²) in [6.45, 7) is 0. The van der Waals surface area contributed by atoms with E-state index >= 15 is 0 Å². The van der Waals surface area contributed by atoms with Gasteiger partial charge in [0.15, 0.2) is 11.6 Å². The van der Waals surface area contributed by atoms with Crippen molar-refractivity contribution < 1.29 is 9.18 Å². The minimum Gasteiger partial charge on any atom is -0.311 e. The van der Waals surface area contributed by atoms with Gasteiger partial charge in [-0.05, 0) is 6.07 Å². The summed E-state index contributed by atoms with van der Waals surface area (Å²) in [4.78, 5) is 15.3. The van der Waals surface area contributed by atoms with Gasteiger partial charge in [-0.25, -0.2) is 15.2 Å². The number of halogens is 1. The Morgan fingerprint density at radius 1 is 1.53 bits per heavy atom. The molecule has 0 aromatic carbocycles. The van der Waals surface area contributed by atoms with Crippen LogP contribution in [0.1, 0.15) is 10.4 Å². The van der Waals surface area contributed by atoms with Crippen molar-refractivity contribution in [3.63, 3.8) is 0 Å². The Bertz CT molecular complexity index is 531. The summed E-state index contributed by atoms with van der Waals surface area (Å²) in [5, 5.41) is 6.41. The normalized spacial score (nSPS) is 10.0. The van der Waals surface area contributed by atoms with Crippen LogP contribution >= 0.6 is 11.5 Å². The van der Waals surface area contributed by atoms with Crippen LogP contribution < -0.4 is 16.6 Å². The number of nitrogen functional groups attached to an aromatic ring is 1. The van der Waals surface area contributed by atoms with Crippen molar-refractivity contribution in [3.05, 3.63) is 29.8 Å². The van der Waals surface area contributed by atoms with Crippen LogP contribution in [0.2, 0.25) is 0 Å². The number of hydrogen-bond acceptors (Lipinski definition) is 7. The lowest BCUT2D eigenvalue weighted by atomic mass is 10.2. The van der Waals surface area contributed by atoms with Gasteiger partial charge in [-0.2, -0.15) is 0 Å². The third-order valence-corrected chi connectivity index (χ3v) is 2.45. The number of aromatic nitrogens is 3. The van der Waals surface area contributed by atoms with Crippen LogP contribution in [0, 0.1) is 5.82 Å². The molecule has 0 saturated carbocycles. The Hall–Kier alpha value is -2.13. The number of nitrogens with one attached hydrogen (secondary N) is 2. The summed E-state index contributed by atoms with van der Waals surface area (Å²) in [5.74, 6) is 3.43. The maximum absolute atomic E-state index is 13.7. The molecule has 2 aromatic heterocycles. The minimum absolute atomic E-state index is 0.165. The first kappa shape index (κ1) is 11.4. The molecule has 0 aliphatic rings. The van der Waals surface area contributed by atoms with Crippen molar-refractivity contribution in [2.75, 3.05) is 10.7 Å². The molecule has 0 atom stereocenters. The first-order valence-electron chi connectivity index (χ1n) is 4.42. The molecule has 9 heteroatoms. The van der Waals surface area contributed by atoms with Gasteiger partial charge in [0.1, 0.15) is 5.00 Å². The molecule has 0 fully saturated rings. The third-order valence-electron chi connectivity index (χ3n) is 1.87. The Balaban J connectivity index is 2.25. The van der Waals surface area contributed by atoms with E-state index in [-0.39, 0.29) is 11.4 Å². The quantitative estimate of drug-likeness (QED) is 0.547. The summed E-state index contributed by atoms with van der Waals surface area (Å²) >= 11 is 0.990. The van der Waals surface area contributed by atoms with Gasteiger partial charge in [0.05, 0.1) is 11.8 Å². The Morgan fingerprint density at radius 2 is 2.35 bits per heavy atom. The van der Waals surface area contributed by atoms with Crippen molar-refractivity contribution in [2.24, 2.45) is 5.84 Å². The molecule has 2 rings (SSSR count). The lowest BCUT2D eigenvalue weighted by Gasteiger charge is -2.05. The Labute approximate surface area is 99.0 Å². The number of hydrogen-bond donors (Lipinski definition) is 3. The minimum atomic E-state index is -0.815. The van der Waals surface area contributed by atoms with Gasteiger partial charge in [-0.3, -0.25) is 4.79 Å². The molecule has 4 N–H and O–H groups in total. The predicted octanol–water partition coefficient (Wildman–Crippen LogP) is 0.610. The Morgan fingerprint density at radius 3 is 3.00 bits per heavy atom. The van der Waals surface area contributed by atoms with Crippen LogP contribution in [0.25, 0.3) is 0 Å². The van der Waals surface area contributed by atoms with Crippen LogP contribution in [0.4, 0.5) is 15.2 Å². The van der Waals surface area contributed by atoms with E-state index in [1.165, 1.54) is 18.5 Å². The molecule has 7 nitrogen and oxygen atoms in total. The van der Waals surface area contributed by atoms with Gasteiger partial charge in [-0.15, -0.1) is 5.10 Å². The topological polar surface area (TPSA) is 106 Å². The fourth-order valence-electron chi connectivity index (χ4n) is 1.12. The summed E-state index contributed by atoms with van der Waals surface area (Å²) in [6, 6.07) is 1.25. The predicted molar refractivity (Wildman–Crippen MR) is 59.9 cm³/mol. The van der Waals surface area contributed by atoms with Crippen LogP contribution in [-0.2, 0) is 0 Å². The van der Waals surface area contributed by atoms with Gasteiger partial charge in [-0.1, -0.05) is 4.49 Å². The number of anilines is 2. The molecule has 17 heavy (non-hydrogen) atoms. The number of nitrogens with zero attached hydrogens (tertiary/aromatic N) is 3. The molecule has 0 bridgehead atoms. The van der Waals surface area contributed by atoms with Crippen molar-refractivity contribution >= 4 is 28.3 Å². The van der Waals surface area contributed by atoms with E-state index in [4.69, 9.17) is 5.84 Å². The van der Waals surface area contributed by atoms with Gasteiger partial charge in [0.25, 0.3) is 5.91 Å². The lowest BCUT2D eigenvalue weighted by Crippen LogP contribution is -2.17. The highest BCUT2D eigenvalue weighted by atomic mass is 32.1. The second-order valence-corrected chi connectivity index (χ2v) is 3.69. The number of nitrogens with two attached hydrogens (primary N) is 1. The van der Waals surface area contributed by atoms with Gasteiger partial charge >= 0.3 is 0 Å². The average Bonchev–Trinajstić information content (AvgIpc) is 2.82. The molecule has 0 unspecified atom stereocenters. The van der Waals surface area contributed by atoms with Crippen molar-refractivity contribution in [1.29, 1.82) is 0 Å². The fraction of sp³-hybridized carbons (Fsp3) is 0. The molecule has 88 valence electrons. The first-order chi connectivity index (χ1) is 8.22. The maximum atomic E-state index is 13.7. The first-order valence-corrected chi connectivity index (χ1v) is 5.19. The lowest BCUT2D eigenvalue weighted by molar-refractivity contribution is 0.102. The summed E-state index contributed by atoms with van der Waals surface area (Å²) in [7, 11) is 0. The van der Waals surface area contributed by atoms with Crippen molar-refractivity contribution in [1.82, 2.24) is 14.6 Å². The molecule has 0 radical (unpaired) electrons. The molecule has 2 heterocycles. The van der Waals surface area contributed by atoms with E-state index in [1.54, 1.807) is 0 Å². The molecule has 2 aromatic rings. The summed E-state index contributed by atoms with van der Waals surface area (Å²) < 4.78 is 17.2. The van der Waals surface area contributed by atoms with Gasteiger partial charge in [0.2, 0.25) is 0 Å². The van der Waals surface area contributed by atoms with Gasteiger partial charge in [0, 0.05) is 17.7 Å². The number of rotatable bonds is 3. The van der Waals surface area contributed by atoms with E-state index in [9.17, 15) is 9.18 Å². The molecule has 0 spiro atoms. The zero-order valence-electron chi connectivity index (χ0n) is 8.35. The highest BCUT2D eigenvalue weighted by Gasteiger charge is 2.16. The van der Waals surface area contributed by atoms with E-state index in [0.717, 1.165) is 11.5 Å². The van der Waals surface area contributed by atoms with E-state index in [0.29, 0.717) is 5.00 Å². The monoisotopic (exact) mass is 254 g/mol. The average molecular weight is 254 g/mol. The highest BCUT2D eigenvalue weighted by Crippen LogP contribution is 2.17. The second kappa shape index (κ2) is 4.80. The number of amides is 1. The maximum Gasteiger partial charge on any atom is 0.259 e. The number of carbonyl (C=O) groups is 1. The molecular formula is C8H7FN6OS. The molecule has 0 saturated heterocycles. The largest absolute Gasteiger partial charge is 0.311 e. The van der Waals surface area contributed by atoms with Crippen LogP contribution in [0.15, 0.2) is 18.5 Å². The van der Waals surface area contributed by atoms with Gasteiger partial charge < -0.3 is 10.7 Å². The van der Waals surface area contributed by atoms with Crippen molar-refractivity contribution in [2.45, 2.75) is 0 Å². The second-order valence-electron chi connectivity index (χ2n) is 2.90. The van der Waals surface area contributed by atoms with E-state index < -0.39 is 11.7 Å². The molecular weight excluding hydrogens is 247 g/mol. The van der Waals surface area contributed by atoms with Crippen molar-refractivity contribution in [3.8, 4) is 0 Å². The summed E-state index contributed by atoms with van der Waals surface area (Å²) in [5.41, 5.74) is 1.90. The van der Waals surface area contributed by atoms with E-state index in [1.807, 2.05) is 0 Å². The van der Waals surface area contributed by atoms with Crippen LogP contribution in [0.5, 0.6) is 0 Å². The zero-order chi connectivity index (χ0) is 12.3. The number of hydrazine groups is 1. The summed E-state index contributed by atoms with van der Waals surface area (Å²) in [6.07, 6.45) is 2.64. The fourth-order valence-corrected chi connectivity index (χ4v) is 1.54. The highest BCUT2D eigenvalue weighted by molar-refractivity contribution is 7.10. The molecule has 1 amide bonds. The standard InChI is InChI=1S/C8H7FN6OS/c9-6-4(1-2-11-7(6)14-10)8(16)13-5-3-12-15-17-5/h1-3H,10H2,(H,11,14)(H,13,16). The third kappa shape index (κ3) is 2.34. The van der Waals surface area contributed by atoms with Crippen LogP contribution in [-0.4, -0.2) is 20.5 Å². The zero-order valence-corrected chi connectivity index (χ0v) is 9.16. The SMILES string of the molecule is NNc1nccc(C(=O)Nc2cnns2)c1F. The molecule has 0 aliphatic carbocycles. The Kier molecular flexibility index (Phi) is 3.21. The smallest absolute Gasteiger partial charge is 0.259 e.